The molecular formula is C16H14N4O. The average Bonchev–Trinajstić information content (AvgIpc) is 2.89. The van der Waals surface area contributed by atoms with Crippen molar-refractivity contribution in [1.29, 1.82) is 0 Å². The second-order valence-electron chi connectivity index (χ2n) is 5.10. The summed E-state index contributed by atoms with van der Waals surface area (Å²) >= 11 is 0. The van der Waals surface area contributed by atoms with Crippen LogP contribution in [0.2, 0.25) is 0 Å². The molecule has 0 saturated heterocycles. The number of rotatable bonds is 2. The lowest BCUT2D eigenvalue weighted by Crippen LogP contribution is -2.27. The van der Waals surface area contributed by atoms with Gasteiger partial charge < -0.3 is 5.32 Å². The number of hydrogen-bond donors (Lipinski definition) is 1. The van der Waals surface area contributed by atoms with E-state index in [-0.39, 0.29) is 11.9 Å². The molecule has 5 heteroatoms. The van der Waals surface area contributed by atoms with E-state index in [0.717, 1.165) is 29.8 Å². The van der Waals surface area contributed by atoms with Crippen molar-refractivity contribution in [3.8, 4) is 0 Å². The molecule has 0 bridgehead atoms. The zero-order chi connectivity index (χ0) is 14.8. The summed E-state index contributed by atoms with van der Waals surface area (Å²) in [6.45, 7) is 8.87. The zero-order valence-corrected chi connectivity index (χ0v) is 11.6. The van der Waals surface area contributed by atoms with Gasteiger partial charge in [0.1, 0.15) is 0 Å². The van der Waals surface area contributed by atoms with E-state index in [4.69, 9.17) is 6.57 Å². The Kier molecular flexibility index (Phi) is 3.36. The van der Waals surface area contributed by atoms with Crippen LogP contribution in [0.4, 0.5) is 5.69 Å². The van der Waals surface area contributed by atoms with Gasteiger partial charge in [0.25, 0.3) is 5.91 Å². The summed E-state index contributed by atoms with van der Waals surface area (Å²) in [4.78, 5) is 24.1. The van der Waals surface area contributed by atoms with Crippen molar-refractivity contribution in [3.63, 3.8) is 0 Å². The van der Waals surface area contributed by atoms with Gasteiger partial charge >= 0.3 is 0 Å². The maximum absolute atomic E-state index is 12.3. The van der Waals surface area contributed by atoms with E-state index in [1.807, 2.05) is 13.0 Å². The third-order valence-electron chi connectivity index (χ3n) is 3.61. The molecule has 2 aromatic rings. The van der Waals surface area contributed by atoms with Gasteiger partial charge in [-0.05, 0) is 43.5 Å². The molecule has 1 amide bonds. The van der Waals surface area contributed by atoms with Crippen molar-refractivity contribution in [2.75, 3.05) is 0 Å². The summed E-state index contributed by atoms with van der Waals surface area (Å²) < 4.78 is 0. The number of fused-ring (bicyclic) bond motifs is 1. The number of aryl methyl sites for hydroxylation is 2. The third-order valence-corrected chi connectivity index (χ3v) is 3.61. The highest BCUT2D eigenvalue weighted by Gasteiger charge is 2.26. The predicted molar refractivity (Wildman–Crippen MR) is 78.0 cm³/mol. The minimum atomic E-state index is -0.116. The minimum absolute atomic E-state index is 0.0826. The van der Waals surface area contributed by atoms with Crippen LogP contribution in [0, 0.1) is 13.5 Å². The van der Waals surface area contributed by atoms with E-state index in [1.165, 1.54) is 0 Å². The Labute approximate surface area is 122 Å². The van der Waals surface area contributed by atoms with Crippen molar-refractivity contribution in [2.24, 2.45) is 0 Å². The molecule has 0 saturated carbocycles. The molecule has 0 aliphatic heterocycles. The van der Waals surface area contributed by atoms with Crippen LogP contribution < -0.4 is 5.32 Å². The molecule has 104 valence electrons. The summed E-state index contributed by atoms with van der Waals surface area (Å²) in [7, 11) is 0. The van der Waals surface area contributed by atoms with E-state index in [0.29, 0.717) is 11.3 Å². The first kappa shape index (κ1) is 13.3. The van der Waals surface area contributed by atoms with E-state index >= 15 is 0 Å². The first-order valence-corrected chi connectivity index (χ1v) is 6.77. The number of aromatic nitrogens is 2. The fourth-order valence-corrected chi connectivity index (χ4v) is 2.59. The largest absolute Gasteiger partial charge is 0.344 e. The molecule has 0 aromatic carbocycles. The molecule has 1 N–H and O–H groups in total. The van der Waals surface area contributed by atoms with Crippen LogP contribution in [0.25, 0.3) is 4.85 Å². The molecular weight excluding hydrogens is 264 g/mol. The minimum Gasteiger partial charge on any atom is -0.344 e. The monoisotopic (exact) mass is 278 g/mol. The van der Waals surface area contributed by atoms with Crippen LogP contribution in [0.1, 0.15) is 39.8 Å². The number of amides is 1. The van der Waals surface area contributed by atoms with Gasteiger partial charge in [-0.25, -0.2) is 4.85 Å². The molecule has 5 nitrogen and oxygen atoms in total. The van der Waals surface area contributed by atoms with Gasteiger partial charge in [0.15, 0.2) is 0 Å². The molecule has 1 atom stereocenters. The Bertz CT molecular complexity index is 748. The van der Waals surface area contributed by atoms with Gasteiger partial charge in [0.2, 0.25) is 5.69 Å². The van der Waals surface area contributed by atoms with Gasteiger partial charge in [0.05, 0.1) is 18.3 Å². The van der Waals surface area contributed by atoms with Crippen molar-refractivity contribution < 1.29 is 4.79 Å². The van der Waals surface area contributed by atoms with E-state index in [1.54, 1.807) is 24.5 Å². The van der Waals surface area contributed by atoms with Gasteiger partial charge in [-0.2, -0.15) is 0 Å². The zero-order valence-electron chi connectivity index (χ0n) is 11.6. The van der Waals surface area contributed by atoms with Crippen LogP contribution in [0.3, 0.4) is 0 Å². The second-order valence-corrected chi connectivity index (χ2v) is 5.10. The Hall–Kier alpha value is -2.74. The van der Waals surface area contributed by atoms with E-state index in [2.05, 4.69) is 20.1 Å². The summed E-state index contributed by atoms with van der Waals surface area (Å²) in [5.41, 5.74) is 3.90. The Morgan fingerprint density at radius 2 is 2.29 bits per heavy atom. The molecule has 0 radical (unpaired) electrons. The highest BCUT2D eigenvalue weighted by molar-refractivity contribution is 5.94. The lowest BCUT2D eigenvalue weighted by Gasteiger charge is -2.13. The lowest BCUT2D eigenvalue weighted by molar-refractivity contribution is 0.0936. The molecule has 1 unspecified atom stereocenters. The molecule has 0 fully saturated rings. The van der Waals surface area contributed by atoms with Gasteiger partial charge in [-0.1, -0.05) is 0 Å². The molecule has 21 heavy (non-hydrogen) atoms. The second kappa shape index (κ2) is 5.33. The fourth-order valence-electron chi connectivity index (χ4n) is 2.59. The molecule has 2 aromatic heterocycles. The van der Waals surface area contributed by atoms with Gasteiger partial charge in [0, 0.05) is 23.7 Å². The van der Waals surface area contributed by atoms with Gasteiger partial charge in [-0.15, -0.1) is 0 Å². The van der Waals surface area contributed by atoms with Crippen LogP contribution >= 0.6 is 0 Å². The summed E-state index contributed by atoms with van der Waals surface area (Å²) in [5, 5.41) is 3.01. The Morgan fingerprint density at radius 3 is 3.05 bits per heavy atom. The molecule has 0 spiro atoms. The normalized spacial score (nSPS) is 16.1. The number of nitrogens with zero attached hydrogens (tertiary/aromatic N) is 3. The van der Waals surface area contributed by atoms with Crippen molar-refractivity contribution >= 4 is 11.6 Å². The van der Waals surface area contributed by atoms with Crippen LogP contribution in [0.15, 0.2) is 30.6 Å². The Balaban J connectivity index is 1.79. The van der Waals surface area contributed by atoms with E-state index in [9.17, 15) is 4.79 Å². The maximum Gasteiger partial charge on any atom is 0.251 e. The number of carbonyl (C=O) groups excluding carboxylic acids is 1. The SMILES string of the molecule is [C-]#[N+]c1cnc2c(c1)CCC2NC(=O)c1ccnc(C)c1. The van der Waals surface area contributed by atoms with Crippen molar-refractivity contribution in [3.05, 3.63) is 64.5 Å². The van der Waals surface area contributed by atoms with Crippen LogP contribution in [0.5, 0.6) is 0 Å². The highest BCUT2D eigenvalue weighted by atomic mass is 16.1. The maximum atomic E-state index is 12.3. The van der Waals surface area contributed by atoms with Crippen molar-refractivity contribution in [2.45, 2.75) is 25.8 Å². The standard InChI is InChI=1S/C16H14N4O/c1-10-7-12(5-6-18-10)16(21)20-14-4-3-11-8-13(17-2)9-19-15(11)14/h5-9,14H,3-4H2,1H3,(H,20,21). The predicted octanol–water partition coefficient (Wildman–Crippen LogP) is 2.75. The molecule has 3 rings (SSSR count). The first-order valence-electron chi connectivity index (χ1n) is 6.77. The van der Waals surface area contributed by atoms with Crippen molar-refractivity contribution in [1.82, 2.24) is 15.3 Å². The first-order chi connectivity index (χ1) is 10.2. The Morgan fingerprint density at radius 1 is 1.43 bits per heavy atom. The fraction of sp³-hybridized carbons (Fsp3) is 0.250. The molecule has 1 aliphatic carbocycles. The van der Waals surface area contributed by atoms with Crippen LogP contribution in [-0.2, 0) is 6.42 Å². The third kappa shape index (κ3) is 2.61. The lowest BCUT2D eigenvalue weighted by atomic mass is 10.1. The quantitative estimate of drug-likeness (QED) is 0.859. The number of carbonyl (C=O) groups is 1. The number of hydrogen-bond acceptors (Lipinski definition) is 3. The average molecular weight is 278 g/mol. The molecule has 1 aliphatic rings. The number of pyridine rings is 2. The summed E-state index contributed by atoms with van der Waals surface area (Å²) in [6.07, 6.45) is 4.85. The van der Waals surface area contributed by atoms with E-state index < -0.39 is 0 Å². The molecule has 2 heterocycles. The van der Waals surface area contributed by atoms with Gasteiger partial charge in [-0.3, -0.25) is 14.8 Å². The number of nitrogens with one attached hydrogen (secondary N) is 1. The van der Waals surface area contributed by atoms with Crippen LogP contribution in [-0.4, -0.2) is 15.9 Å². The highest BCUT2D eigenvalue weighted by Crippen LogP contribution is 2.31. The topological polar surface area (TPSA) is 59.2 Å². The summed E-state index contributed by atoms with van der Waals surface area (Å²) in [6, 6.07) is 5.24. The smallest absolute Gasteiger partial charge is 0.251 e. The summed E-state index contributed by atoms with van der Waals surface area (Å²) in [5.74, 6) is -0.116.